The predicted octanol–water partition coefficient (Wildman–Crippen LogP) is 4.71. The van der Waals surface area contributed by atoms with Crippen LogP contribution in [0.1, 0.15) is 19.8 Å². The van der Waals surface area contributed by atoms with E-state index in [1.165, 1.54) is 4.90 Å². The second kappa shape index (κ2) is 7.97. The van der Waals surface area contributed by atoms with Crippen molar-refractivity contribution >= 4 is 58.2 Å². The van der Waals surface area contributed by atoms with E-state index in [4.69, 9.17) is 23.2 Å². The lowest BCUT2D eigenvalue weighted by atomic mass is 9.78. The molecule has 2 atom stereocenters. The maximum atomic E-state index is 13.2. The monoisotopic (exact) mass is 480 g/mol. The Bertz CT molecular complexity index is 1280. The Morgan fingerprint density at radius 3 is 1.88 bits per heavy atom. The van der Waals surface area contributed by atoms with Gasteiger partial charge in [-0.1, -0.05) is 29.3 Å². The van der Waals surface area contributed by atoms with E-state index < -0.39 is 11.8 Å². The number of benzene rings is 2. The lowest BCUT2D eigenvalue weighted by Gasteiger charge is -2.24. The van der Waals surface area contributed by atoms with Gasteiger partial charge in [0.05, 0.1) is 22.9 Å². The largest absolute Gasteiger partial charge is 0.274 e. The minimum absolute atomic E-state index is 0.0432. The third kappa shape index (κ3) is 3.50. The number of amides is 4. The molecule has 0 aromatic heterocycles. The molecule has 33 heavy (non-hydrogen) atoms. The van der Waals surface area contributed by atoms with E-state index in [1.54, 1.807) is 55.5 Å². The fourth-order valence-electron chi connectivity index (χ4n) is 4.80. The predicted molar refractivity (Wildman–Crippen MR) is 125 cm³/mol. The van der Waals surface area contributed by atoms with Crippen LogP contribution in [0.4, 0.5) is 11.4 Å². The number of hydrogen-bond acceptors (Lipinski definition) is 4. The quantitative estimate of drug-likeness (QED) is 0.596. The summed E-state index contributed by atoms with van der Waals surface area (Å²) in [5.74, 6) is -2.37. The van der Waals surface area contributed by atoms with Crippen molar-refractivity contribution in [1.29, 1.82) is 0 Å². The molecule has 0 bridgehead atoms. The number of carbonyl (C=O) groups excluding carboxylic acids is 4. The van der Waals surface area contributed by atoms with Gasteiger partial charge in [0.25, 0.3) is 11.8 Å². The first-order valence-corrected chi connectivity index (χ1v) is 11.2. The number of allylic oxidation sites excluding steroid dienone is 1. The Morgan fingerprint density at radius 1 is 0.758 bits per heavy atom. The fraction of sp³-hybridized carbons (Fsp3) is 0.200. The van der Waals surface area contributed by atoms with Crippen LogP contribution >= 0.6 is 23.2 Å². The molecule has 0 saturated carbocycles. The maximum Gasteiger partial charge on any atom is 0.266 e. The minimum Gasteiger partial charge on any atom is -0.274 e. The van der Waals surface area contributed by atoms with Crippen molar-refractivity contribution in [2.75, 3.05) is 9.80 Å². The van der Waals surface area contributed by atoms with Gasteiger partial charge in [0.2, 0.25) is 11.8 Å². The van der Waals surface area contributed by atoms with Crippen molar-refractivity contribution in [3.8, 4) is 0 Å². The molecular formula is C25H18Cl2N2O4. The lowest BCUT2D eigenvalue weighted by molar-refractivity contribution is -0.123. The molecule has 2 heterocycles. The highest BCUT2D eigenvalue weighted by Crippen LogP contribution is 2.43. The topological polar surface area (TPSA) is 74.8 Å². The first-order valence-electron chi connectivity index (χ1n) is 10.4. The van der Waals surface area contributed by atoms with E-state index >= 15 is 0 Å². The fourth-order valence-corrected chi connectivity index (χ4v) is 5.06. The number of anilines is 2. The zero-order chi connectivity index (χ0) is 23.4. The molecule has 8 heteroatoms. The molecule has 3 aliphatic rings. The SMILES string of the molecule is CC1=C[C@@H]([C@@H]2CC(=O)N(c3ccc(Cl)cc3)C2=O)CC2=C1C(=O)N(c1ccc(Cl)cc1)C2=O. The van der Waals surface area contributed by atoms with Crippen LogP contribution in [0, 0.1) is 11.8 Å². The zero-order valence-corrected chi connectivity index (χ0v) is 19.1. The molecule has 0 unspecified atom stereocenters. The molecule has 1 saturated heterocycles. The van der Waals surface area contributed by atoms with E-state index in [9.17, 15) is 19.2 Å². The Labute approximate surface area is 200 Å². The van der Waals surface area contributed by atoms with Crippen LogP contribution in [0.15, 0.2) is 71.3 Å². The van der Waals surface area contributed by atoms with Crippen LogP contribution in [-0.4, -0.2) is 23.6 Å². The van der Waals surface area contributed by atoms with Gasteiger partial charge in [-0.25, -0.2) is 4.90 Å². The summed E-state index contributed by atoms with van der Waals surface area (Å²) in [7, 11) is 0. The van der Waals surface area contributed by atoms with E-state index in [1.807, 2.05) is 6.08 Å². The summed E-state index contributed by atoms with van der Waals surface area (Å²) in [4.78, 5) is 54.6. The molecule has 166 valence electrons. The lowest BCUT2D eigenvalue weighted by Crippen LogP contribution is -2.33. The highest BCUT2D eigenvalue weighted by molar-refractivity contribution is 6.35. The van der Waals surface area contributed by atoms with Gasteiger partial charge in [-0.05, 0) is 73.4 Å². The third-order valence-corrected chi connectivity index (χ3v) is 6.85. The van der Waals surface area contributed by atoms with E-state index in [2.05, 4.69) is 0 Å². The van der Waals surface area contributed by atoms with Crippen LogP contribution in [0.5, 0.6) is 0 Å². The molecule has 5 rings (SSSR count). The van der Waals surface area contributed by atoms with Crippen molar-refractivity contribution in [1.82, 2.24) is 0 Å². The number of carbonyl (C=O) groups is 4. The van der Waals surface area contributed by atoms with E-state index in [0.717, 1.165) is 4.90 Å². The zero-order valence-electron chi connectivity index (χ0n) is 17.5. The van der Waals surface area contributed by atoms with Gasteiger partial charge in [0.1, 0.15) is 0 Å². The molecule has 4 amide bonds. The molecule has 2 aromatic carbocycles. The van der Waals surface area contributed by atoms with Gasteiger partial charge in [-0.15, -0.1) is 0 Å². The Balaban J connectivity index is 1.42. The maximum absolute atomic E-state index is 13.2. The molecule has 0 radical (unpaired) electrons. The standard InChI is InChI=1S/C25H18Cl2N2O4/c1-13-10-14(19-12-21(30)28(23(19)31)17-6-2-15(26)3-7-17)11-20-22(13)25(33)29(24(20)32)18-8-4-16(27)5-9-18/h2-10,14,19H,11-12H2,1H3/t14-,19+/m1/s1. The van der Waals surface area contributed by atoms with Crippen molar-refractivity contribution in [2.45, 2.75) is 19.8 Å². The first kappa shape index (κ1) is 21.6. The Morgan fingerprint density at radius 2 is 1.30 bits per heavy atom. The summed E-state index contributed by atoms with van der Waals surface area (Å²) in [5, 5.41) is 1.01. The van der Waals surface area contributed by atoms with Crippen LogP contribution in [0.2, 0.25) is 10.0 Å². The number of imide groups is 2. The number of nitrogens with zero attached hydrogens (tertiary/aromatic N) is 2. The van der Waals surface area contributed by atoms with Gasteiger partial charge in [0.15, 0.2) is 0 Å². The summed E-state index contributed by atoms with van der Waals surface area (Å²) < 4.78 is 0. The molecule has 1 aliphatic carbocycles. The minimum atomic E-state index is -0.607. The van der Waals surface area contributed by atoms with Gasteiger partial charge in [-0.3, -0.25) is 24.1 Å². The summed E-state index contributed by atoms with van der Waals surface area (Å²) in [6, 6.07) is 13.0. The number of halogens is 2. The van der Waals surface area contributed by atoms with E-state index in [-0.39, 0.29) is 36.5 Å². The number of rotatable bonds is 3. The summed E-state index contributed by atoms with van der Waals surface area (Å²) in [6.45, 7) is 1.76. The van der Waals surface area contributed by atoms with Gasteiger partial charge in [0, 0.05) is 22.0 Å². The molecule has 2 aromatic rings. The molecule has 1 fully saturated rings. The number of hydrogen-bond donors (Lipinski definition) is 0. The highest BCUT2D eigenvalue weighted by atomic mass is 35.5. The second-order valence-electron chi connectivity index (χ2n) is 8.35. The smallest absolute Gasteiger partial charge is 0.266 e. The van der Waals surface area contributed by atoms with Gasteiger partial charge in [-0.2, -0.15) is 0 Å². The van der Waals surface area contributed by atoms with Crippen molar-refractivity contribution < 1.29 is 19.2 Å². The van der Waals surface area contributed by atoms with Gasteiger partial charge < -0.3 is 0 Å². The summed E-state index contributed by atoms with van der Waals surface area (Å²) in [5.41, 5.74) is 2.30. The van der Waals surface area contributed by atoms with Crippen LogP contribution < -0.4 is 9.80 Å². The second-order valence-corrected chi connectivity index (χ2v) is 9.22. The summed E-state index contributed by atoms with van der Waals surface area (Å²) >= 11 is 11.9. The molecule has 0 N–H and O–H groups in total. The molecule has 2 aliphatic heterocycles. The van der Waals surface area contributed by atoms with Crippen molar-refractivity contribution in [2.24, 2.45) is 11.8 Å². The van der Waals surface area contributed by atoms with Crippen LogP contribution in [0.3, 0.4) is 0 Å². The molecule has 0 spiro atoms. The average molecular weight is 481 g/mol. The van der Waals surface area contributed by atoms with Crippen LogP contribution in [0.25, 0.3) is 0 Å². The van der Waals surface area contributed by atoms with Gasteiger partial charge >= 0.3 is 0 Å². The first-order chi connectivity index (χ1) is 15.8. The summed E-state index contributed by atoms with van der Waals surface area (Å²) in [6.07, 6.45) is 2.11. The Hall–Kier alpha value is -3.22. The highest BCUT2D eigenvalue weighted by Gasteiger charge is 2.48. The van der Waals surface area contributed by atoms with Crippen molar-refractivity contribution in [3.63, 3.8) is 0 Å². The van der Waals surface area contributed by atoms with E-state index in [0.29, 0.717) is 38.1 Å². The molecule has 6 nitrogen and oxygen atoms in total. The molecular weight excluding hydrogens is 463 g/mol. The normalized spacial score (nSPS) is 22.9. The van der Waals surface area contributed by atoms with Crippen molar-refractivity contribution in [3.05, 3.63) is 81.4 Å². The third-order valence-electron chi connectivity index (χ3n) is 6.35. The average Bonchev–Trinajstić information content (AvgIpc) is 3.22. The van der Waals surface area contributed by atoms with Crippen LogP contribution in [-0.2, 0) is 19.2 Å². The Kier molecular flexibility index (Phi) is 5.22.